The maximum Gasteiger partial charge on any atom is 0.170 e. The SMILES string of the molecule is Cc1nnc(COc2ccc(Cl)c(F)c2)n1C. The van der Waals surface area contributed by atoms with Crippen LogP contribution in [0.4, 0.5) is 4.39 Å². The van der Waals surface area contributed by atoms with Crippen LogP contribution in [0.3, 0.4) is 0 Å². The third kappa shape index (κ3) is 2.55. The van der Waals surface area contributed by atoms with Crippen molar-refractivity contribution in [2.45, 2.75) is 13.5 Å². The monoisotopic (exact) mass is 255 g/mol. The van der Waals surface area contributed by atoms with E-state index in [0.717, 1.165) is 5.82 Å². The smallest absolute Gasteiger partial charge is 0.170 e. The Kier molecular flexibility index (Phi) is 3.28. The largest absolute Gasteiger partial charge is 0.485 e. The van der Waals surface area contributed by atoms with Crippen LogP contribution in [-0.4, -0.2) is 14.8 Å². The van der Waals surface area contributed by atoms with Gasteiger partial charge in [-0.3, -0.25) is 0 Å². The standard InChI is InChI=1S/C11H11ClFN3O/c1-7-14-15-11(16(7)2)6-17-8-3-4-9(12)10(13)5-8/h3-5H,6H2,1-2H3. The molecule has 0 atom stereocenters. The topological polar surface area (TPSA) is 39.9 Å². The van der Waals surface area contributed by atoms with Gasteiger partial charge in [-0.25, -0.2) is 4.39 Å². The van der Waals surface area contributed by atoms with Crippen molar-refractivity contribution in [3.63, 3.8) is 0 Å². The minimum absolute atomic E-state index is 0.0758. The quantitative estimate of drug-likeness (QED) is 0.846. The van der Waals surface area contributed by atoms with Crippen LogP contribution in [0, 0.1) is 12.7 Å². The summed E-state index contributed by atoms with van der Waals surface area (Å²) in [6, 6.07) is 4.30. The molecule has 0 bridgehead atoms. The van der Waals surface area contributed by atoms with Crippen molar-refractivity contribution < 1.29 is 9.13 Å². The summed E-state index contributed by atoms with van der Waals surface area (Å²) in [7, 11) is 1.84. The Hall–Kier alpha value is -1.62. The van der Waals surface area contributed by atoms with Gasteiger partial charge in [0.2, 0.25) is 0 Å². The summed E-state index contributed by atoms with van der Waals surface area (Å²) in [4.78, 5) is 0. The zero-order chi connectivity index (χ0) is 12.4. The Morgan fingerprint density at radius 2 is 2.18 bits per heavy atom. The van der Waals surface area contributed by atoms with Crippen LogP contribution < -0.4 is 4.74 Å². The van der Waals surface area contributed by atoms with Gasteiger partial charge in [-0.1, -0.05) is 11.6 Å². The normalized spacial score (nSPS) is 10.6. The van der Waals surface area contributed by atoms with Crippen molar-refractivity contribution in [3.8, 4) is 5.75 Å². The van der Waals surface area contributed by atoms with Crippen molar-refractivity contribution in [2.75, 3.05) is 0 Å². The molecule has 0 spiro atoms. The van der Waals surface area contributed by atoms with Gasteiger partial charge in [-0.05, 0) is 19.1 Å². The van der Waals surface area contributed by atoms with E-state index in [1.165, 1.54) is 12.1 Å². The van der Waals surface area contributed by atoms with Crippen molar-refractivity contribution in [1.82, 2.24) is 14.8 Å². The summed E-state index contributed by atoms with van der Waals surface area (Å²) in [6.07, 6.45) is 0. The van der Waals surface area contributed by atoms with Gasteiger partial charge < -0.3 is 9.30 Å². The summed E-state index contributed by atoms with van der Waals surface area (Å²) in [5.41, 5.74) is 0. The van der Waals surface area contributed by atoms with E-state index in [9.17, 15) is 4.39 Å². The molecular weight excluding hydrogens is 245 g/mol. The first-order valence-electron chi connectivity index (χ1n) is 5.00. The van der Waals surface area contributed by atoms with Gasteiger partial charge in [0.15, 0.2) is 5.82 Å². The lowest BCUT2D eigenvalue weighted by Crippen LogP contribution is -2.04. The Morgan fingerprint density at radius 1 is 1.41 bits per heavy atom. The molecule has 0 fully saturated rings. The average molecular weight is 256 g/mol. The predicted octanol–water partition coefficient (Wildman–Crippen LogP) is 2.50. The number of ether oxygens (including phenoxy) is 1. The second-order valence-electron chi connectivity index (χ2n) is 3.59. The zero-order valence-corrected chi connectivity index (χ0v) is 10.2. The molecule has 0 radical (unpaired) electrons. The fourth-order valence-electron chi connectivity index (χ4n) is 1.29. The van der Waals surface area contributed by atoms with Crippen molar-refractivity contribution >= 4 is 11.6 Å². The summed E-state index contributed by atoms with van der Waals surface area (Å²) >= 11 is 5.57. The van der Waals surface area contributed by atoms with Crippen LogP contribution >= 0.6 is 11.6 Å². The second kappa shape index (κ2) is 4.71. The Labute approximate surface area is 103 Å². The van der Waals surface area contributed by atoms with Crippen LogP contribution in [0.25, 0.3) is 0 Å². The summed E-state index contributed by atoms with van der Waals surface area (Å²) in [5, 5.41) is 7.91. The Balaban J connectivity index is 2.07. The van der Waals surface area contributed by atoms with Crippen molar-refractivity contribution in [2.24, 2.45) is 7.05 Å². The fourth-order valence-corrected chi connectivity index (χ4v) is 1.41. The average Bonchev–Trinajstić information content (AvgIpc) is 2.62. The molecule has 2 rings (SSSR count). The molecule has 90 valence electrons. The molecule has 0 saturated carbocycles. The summed E-state index contributed by atoms with van der Waals surface area (Å²) < 4.78 is 20.4. The first-order chi connectivity index (χ1) is 8.08. The molecule has 4 nitrogen and oxygen atoms in total. The Bertz CT molecular complexity index is 542. The molecule has 0 unspecified atom stereocenters. The number of nitrogens with zero attached hydrogens (tertiary/aromatic N) is 3. The minimum Gasteiger partial charge on any atom is -0.485 e. The van der Waals surface area contributed by atoms with Gasteiger partial charge >= 0.3 is 0 Å². The summed E-state index contributed by atoms with van der Waals surface area (Å²) in [5.74, 6) is 1.38. The van der Waals surface area contributed by atoms with E-state index in [2.05, 4.69) is 10.2 Å². The van der Waals surface area contributed by atoms with Gasteiger partial charge in [-0.15, -0.1) is 10.2 Å². The number of hydrogen-bond acceptors (Lipinski definition) is 3. The van der Waals surface area contributed by atoms with E-state index < -0.39 is 5.82 Å². The lowest BCUT2D eigenvalue weighted by molar-refractivity contribution is 0.289. The van der Waals surface area contributed by atoms with E-state index in [1.54, 1.807) is 6.07 Å². The molecule has 0 aliphatic carbocycles. The third-order valence-corrected chi connectivity index (χ3v) is 2.75. The lowest BCUT2D eigenvalue weighted by Gasteiger charge is -2.06. The maximum atomic E-state index is 13.1. The molecule has 0 saturated heterocycles. The zero-order valence-electron chi connectivity index (χ0n) is 9.44. The summed E-state index contributed by atoms with van der Waals surface area (Å²) in [6.45, 7) is 2.08. The number of rotatable bonds is 3. The van der Waals surface area contributed by atoms with Gasteiger partial charge in [0.05, 0.1) is 5.02 Å². The molecule has 0 N–H and O–H groups in total. The highest BCUT2D eigenvalue weighted by Gasteiger charge is 2.07. The van der Waals surface area contributed by atoms with Crippen LogP contribution in [0.15, 0.2) is 18.2 Å². The van der Waals surface area contributed by atoms with Gasteiger partial charge in [0, 0.05) is 13.1 Å². The van der Waals surface area contributed by atoms with Gasteiger partial charge in [-0.2, -0.15) is 0 Å². The van der Waals surface area contributed by atoms with E-state index in [-0.39, 0.29) is 11.6 Å². The first-order valence-corrected chi connectivity index (χ1v) is 5.38. The van der Waals surface area contributed by atoms with E-state index in [4.69, 9.17) is 16.3 Å². The molecule has 0 amide bonds. The van der Waals surface area contributed by atoms with E-state index in [0.29, 0.717) is 11.6 Å². The number of benzene rings is 1. The molecule has 2 aromatic rings. The minimum atomic E-state index is -0.502. The number of aryl methyl sites for hydroxylation is 1. The fraction of sp³-hybridized carbons (Fsp3) is 0.273. The van der Waals surface area contributed by atoms with Gasteiger partial charge in [0.25, 0.3) is 0 Å². The first kappa shape index (κ1) is 11.9. The van der Waals surface area contributed by atoms with Crippen molar-refractivity contribution in [3.05, 3.63) is 40.7 Å². The molecule has 0 aliphatic heterocycles. The Morgan fingerprint density at radius 3 is 2.76 bits per heavy atom. The second-order valence-corrected chi connectivity index (χ2v) is 3.99. The molecule has 1 aromatic heterocycles. The highest BCUT2D eigenvalue weighted by atomic mass is 35.5. The predicted molar refractivity (Wildman–Crippen MR) is 61.5 cm³/mol. The third-order valence-electron chi connectivity index (χ3n) is 2.44. The lowest BCUT2D eigenvalue weighted by atomic mass is 10.3. The van der Waals surface area contributed by atoms with Crippen LogP contribution in [0.2, 0.25) is 5.02 Å². The van der Waals surface area contributed by atoms with E-state index in [1.807, 2.05) is 18.5 Å². The van der Waals surface area contributed by atoms with Crippen molar-refractivity contribution in [1.29, 1.82) is 0 Å². The molecule has 6 heteroatoms. The molecule has 1 heterocycles. The van der Waals surface area contributed by atoms with E-state index >= 15 is 0 Å². The maximum absolute atomic E-state index is 13.1. The molecule has 1 aromatic carbocycles. The van der Waals surface area contributed by atoms with Crippen LogP contribution in [-0.2, 0) is 13.7 Å². The number of aromatic nitrogens is 3. The molecular formula is C11H11ClFN3O. The highest BCUT2D eigenvalue weighted by Crippen LogP contribution is 2.20. The number of halogens is 2. The van der Waals surface area contributed by atoms with Crippen LogP contribution in [0.1, 0.15) is 11.6 Å². The van der Waals surface area contributed by atoms with Crippen LogP contribution in [0.5, 0.6) is 5.75 Å². The molecule has 0 aliphatic rings. The number of hydrogen-bond donors (Lipinski definition) is 0. The highest BCUT2D eigenvalue weighted by molar-refractivity contribution is 6.30. The van der Waals surface area contributed by atoms with Gasteiger partial charge in [0.1, 0.15) is 24.0 Å². The molecule has 17 heavy (non-hydrogen) atoms.